The van der Waals surface area contributed by atoms with Crippen molar-refractivity contribution in [3.05, 3.63) is 29.6 Å². The van der Waals surface area contributed by atoms with Gasteiger partial charge in [-0.2, -0.15) is 0 Å². The number of carbonyl (C=O) groups excluding carboxylic acids is 1. The van der Waals surface area contributed by atoms with Crippen LogP contribution in [0.4, 0.5) is 4.39 Å². The Morgan fingerprint density at radius 3 is 2.88 bits per heavy atom. The van der Waals surface area contributed by atoms with Gasteiger partial charge in [0.2, 0.25) is 0 Å². The van der Waals surface area contributed by atoms with Gasteiger partial charge < -0.3 is 15.8 Å². The Bertz CT molecular complexity index is 380. The lowest BCUT2D eigenvalue weighted by Gasteiger charge is -2.11. The smallest absolute Gasteiger partial charge is 0.258 e. The summed E-state index contributed by atoms with van der Waals surface area (Å²) in [4.78, 5) is 11.7. The molecule has 16 heavy (non-hydrogen) atoms. The van der Waals surface area contributed by atoms with E-state index in [4.69, 9.17) is 10.5 Å². The molecule has 0 radical (unpaired) electrons. The molecule has 0 aliphatic carbocycles. The van der Waals surface area contributed by atoms with Crippen LogP contribution in [0.1, 0.15) is 17.3 Å². The summed E-state index contributed by atoms with van der Waals surface area (Å²) >= 11 is 0. The Hall–Kier alpha value is -1.62. The van der Waals surface area contributed by atoms with Gasteiger partial charge in [-0.15, -0.1) is 0 Å². The fourth-order valence-corrected chi connectivity index (χ4v) is 1.24. The number of halogens is 1. The van der Waals surface area contributed by atoms with Crippen molar-refractivity contribution in [3.63, 3.8) is 0 Å². The Morgan fingerprint density at radius 1 is 1.62 bits per heavy atom. The topological polar surface area (TPSA) is 64.3 Å². The molecule has 1 aromatic carbocycles. The molecule has 0 spiro atoms. The Balaban J connectivity index is 2.89. The predicted molar refractivity (Wildman–Crippen MR) is 58.9 cm³/mol. The third-order valence-electron chi connectivity index (χ3n) is 2.01. The van der Waals surface area contributed by atoms with Crippen LogP contribution in [0.2, 0.25) is 0 Å². The summed E-state index contributed by atoms with van der Waals surface area (Å²) in [7, 11) is 1.39. The van der Waals surface area contributed by atoms with Gasteiger partial charge in [0.15, 0.2) is 0 Å². The van der Waals surface area contributed by atoms with Crippen LogP contribution in [0, 0.1) is 5.82 Å². The van der Waals surface area contributed by atoms with Gasteiger partial charge in [-0.3, -0.25) is 4.79 Å². The highest BCUT2D eigenvalue weighted by molar-refractivity contribution is 5.97. The lowest BCUT2D eigenvalue weighted by molar-refractivity contribution is 0.0944. The van der Waals surface area contributed by atoms with Gasteiger partial charge in [0.1, 0.15) is 17.1 Å². The summed E-state index contributed by atoms with van der Waals surface area (Å²) in [5, 5.41) is 2.53. The highest BCUT2D eigenvalue weighted by Crippen LogP contribution is 2.20. The Morgan fingerprint density at radius 2 is 2.31 bits per heavy atom. The largest absolute Gasteiger partial charge is 0.496 e. The number of rotatable bonds is 4. The Kier molecular flexibility index (Phi) is 4.25. The van der Waals surface area contributed by atoms with Gasteiger partial charge in [0, 0.05) is 12.6 Å². The molecule has 0 heterocycles. The molecule has 0 saturated heterocycles. The third kappa shape index (κ3) is 2.93. The normalized spacial score (nSPS) is 12.0. The molecule has 0 aliphatic heterocycles. The molecule has 88 valence electrons. The van der Waals surface area contributed by atoms with Gasteiger partial charge in [0.05, 0.1) is 7.11 Å². The number of carbonyl (C=O) groups is 1. The van der Waals surface area contributed by atoms with E-state index in [9.17, 15) is 9.18 Å². The maximum atomic E-state index is 13.4. The average Bonchev–Trinajstić information content (AvgIpc) is 2.25. The zero-order chi connectivity index (χ0) is 12.1. The monoisotopic (exact) mass is 226 g/mol. The molecule has 3 N–H and O–H groups in total. The first-order valence-electron chi connectivity index (χ1n) is 4.92. The van der Waals surface area contributed by atoms with Crippen molar-refractivity contribution >= 4 is 5.91 Å². The molecule has 1 atom stereocenters. The molecule has 1 rings (SSSR count). The molecular formula is C11H15FN2O2. The summed E-state index contributed by atoms with van der Waals surface area (Å²) in [6.07, 6.45) is 0. The van der Waals surface area contributed by atoms with Crippen molar-refractivity contribution < 1.29 is 13.9 Å². The quantitative estimate of drug-likeness (QED) is 0.802. The number of ether oxygens (including phenoxy) is 1. The molecule has 1 unspecified atom stereocenters. The standard InChI is InChI=1S/C11H15FN2O2/c1-7(13)6-14-11(15)10-8(12)4-3-5-9(10)16-2/h3-5,7H,6,13H2,1-2H3,(H,14,15). The van der Waals surface area contributed by atoms with Gasteiger partial charge in [-0.05, 0) is 19.1 Å². The van der Waals surface area contributed by atoms with Crippen LogP contribution in [0.5, 0.6) is 5.75 Å². The van der Waals surface area contributed by atoms with Crippen LogP contribution < -0.4 is 15.8 Å². The van der Waals surface area contributed by atoms with Crippen molar-refractivity contribution in [3.8, 4) is 5.75 Å². The van der Waals surface area contributed by atoms with Crippen LogP contribution in [-0.2, 0) is 0 Å². The molecule has 1 amide bonds. The van der Waals surface area contributed by atoms with Crippen molar-refractivity contribution in [2.75, 3.05) is 13.7 Å². The number of nitrogens with two attached hydrogens (primary N) is 1. The highest BCUT2D eigenvalue weighted by atomic mass is 19.1. The SMILES string of the molecule is COc1cccc(F)c1C(=O)NCC(C)N. The molecule has 0 aromatic heterocycles. The highest BCUT2D eigenvalue weighted by Gasteiger charge is 2.17. The minimum atomic E-state index is -0.610. The molecule has 0 bridgehead atoms. The Labute approximate surface area is 93.6 Å². The van der Waals surface area contributed by atoms with Gasteiger partial charge >= 0.3 is 0 Å². The average molecular weight is 226 g/mol. The van der Waals surface area contributed by atoms with Crippen molar-refractivity contribution in [2.45, 2.75) is 13.0 Å². The second-order valence-corrected chi connectivity index (χ2v) is 3.50. The first kappa shape index (κ1) is 12.4. The van der Waals surface area contributed by atoms with Crippen LogP contribution in [0.15, 0.2) is 18.2 Å². The molecular weight excluding hydrogens is 211 g/mol. The lowest BCUT2D eigenvalue weighted by atomic mass is 10.1. The van der Waals surface area contributed by atoms with Crippen LogP contribution in [0.25, 0.3) is 0 Å². The number of benzene rings is 1. The second-order valence-electron chi connectivity index (χ2n) is 3.50. The zero-order valence-corrected chi connectivity index (χ0v) is 9.29. The third-order valence-corrected chi connectivity index (χ3v) is 2.01. The number of amides is 1. The minimum absolute atomic E-state index is 0.0920. The molecule has 0 aliphatic rings. The number of nitrogens with one attached hydrogen (secondary N) is 1. The first-order valence-corrected chi connectivity index (χ1v) is 4.92. The van der Waals surface area contributed by atoms with Crippen molar-refractivity contribution in [1.82, 2.24) is 5.32 Å². The summed E-state index contributed by atoms with van der Waals surface area (Å²) in [6, 6.07) is 4.05. The molecule has 4 nitrogen and oxygen atoms in total. The first-order chi connectivity index (χ1) is 7.56. The minimum Gasteiger partial charge on any atom is -0.496 e. The van der Waals surface area contributed by atoms with Gasteiger partial charge in [-0.25, -0.2) is 4.39 Å². The van der Waals surface area contributed by atoms with E-state index in [0.717, 1.165) is 0 Å². The molecule has 5 heteroatoms. The van der Waals surface area contributed by atoms with Gasteiger partial charge in [0.25, 0.3) is 5.91 Å². The molecule has 1 aromatic rings. The van der Waals surface area contributed by atoms with E-state index < -0.39 is 11.7 Å². The van der Waals surface area contributed by atoms with E-state index in [0.29, 0.717) is 0 Å². The molecule has 0 saturated carbocycles. The maximum Gasteiger partial charge on any atom is 0.258 e. The van der Waals surface area contributed by atoms with Crippen molar-refractivity contribution in [2.24, 2.45) is 5.73 Å². The van der Waals surface area contributed by atoms with Crippen LogP contribution in [-0.4, -0.2) is 25.6 Å². The number of methoxy groups -OCH3 is 1. The van der Waals surface area contributed by atoms with Gasteiger partial charge in [-0.1, -0.05) is 6.07 Å². The van der Waals surface area contributed by atoms with E-state index in [1.165, 1.54) is 25.3 Å². The number of hydrogen-bond acceptors (Lipinski definition) is 3. The second kappa shape index (κ2) is 5.46. The van der Waals surface area contributed by atoms with E-state index in [2.05, 4.69) is 5.32 Å². The predicted octanol–water partition coefficient (Wildman–Crippen LogP) is 0.911. The van der Waals surface area contributed by atoms with E-state index in [-0.39, 0.29) is 23.9 Å². The summed E-state index contributed by atoms with van der Waals surface area (Å²) in [5.41, 5.74) is 5.40. The molecule has 0 fully saturated rings. The summed E-state index contributed by atoms with van der Waals surface area (Å²) < 4.78 is 18.4. The summed E-state index contributed by atoms with van der Waals surface area (Å²) in [6.45, 7) is 2.04. The summed E-state index contributed by atoms with van der Waals surface area (Å²) in [5.74, 6) is -0.920. The van der Waals surface area contributed by atoms with Crippen LogP contribution >= 0.6 is 0 Å². The van der Waals surface area contributed by atoms with Crippen LogP contribution in [0.3, 0.4) is 0 Å². The lowest BCUT2D eigenvalue weighted by Crippen LogP contribution is -2.35. The number of hydrogen-bond donors (Lipinski definition) is 2. The van der Waals surface area contributed by atoms with E-state index in [1.807, 2.05) is 0 Å². The van der Waals surface area contributed by atoms with E-state index >= 15 is 0 Å². The fourth-order valence-electron chi connectivity index (χ4n) is 1.24. The van der Waals surface area contributed by atoms with E-state index in [1.54, 1.807) is 6.92 Å². The van der Waals surface area contributed by atoms with Crippen molar-refractivity contribution in [1.29, 1.82) is 0 Å². The zero-order valence-electron chi connectivity index (χ0n) is 9.29. The maximum absolute atomic E-state index is 13.4. The fraction of sp³-hybridized carbons (Fsp3) is 0.364.